The number of hydrogen-bond acceptors (Lipinski definition) is 5. The van der Waals surface area contributed by atoms with Crippen molar-refractivity contribution in [2.75, 3.05) is 7.05 Å². The molecule has 1 aliphatic heterocycles. The standard InChI is InChI=1S/C71H78N6/c1-14-16-24-47-30-33-62-57(38-47)58-39-48(25-17-15-2)31-34-63(58)77(62)64-35-32-51(43-59(64)61-45-60(49-26-20-18-21-27-49)72-65(73-61)50-28-22-19-23-29-50)66-74-67(52-36-46(3)37-54(40-52)69(4,5)6)76(13)68(75-66)53-41-55(70(7,8)9)44-56(42-53)71(10,11)12/h18-23,26-45,68H,14-17,24-25H2,1-13H3. The van der Waals surface area contributed by atoms with Crippen LogP contribution in [-0.4, -0.2) is 38.2 Å². The maximum atomic E-state index is 5.76. The summed E-state index contributed by atoms with van der Waals surface area (Å²) in [6, 6.07) is 58.2. The van der Waals surface area contributed by atoms with E-state index in [-0.39, 0.29) is 22.4 Å². The highest BCUT2D eigenvalue weighted by Gasteiger charge is 2.32. The van der Waals surface area contributed by atoms with Crippen molar-refractivity contribution < 1.29 is 0 Å². The Morgan fingerprint density at radius 1 is 0.494 bits per heavy atom. The van der Waals surface area contributed by atoms with Gasteiger partial charge in [0.25, 0.3) is 0 Å². The summed E-state index contributed by atoms with van der Waals surface area (Å²) < 4.78 is 2.48. The van der Waals surface area contributed by atoms with Gasteiger partial charge in [-0.1, -0.05) is 192 Å². The molecule has 0 amide bonds. The Hall–Kier alpha value is -7.44. The van der Waals surface area contributed by atoms with E-state index in [1.165, 1.54) is 55.2 Å². The predicted molar refractivity (Wildman–Crippen MR) is 327 cm³/mol. The van der Waals surface area contributed by atoms with Crippen LogP contribution in [0.1, 0.15) is 158 Å². The summed E-state index contributed by atoms with van der Waals surface area (Å²) in [5.74, 6) is 2.23. The molecule has 0 fully saturated rings. The van der Waals surface area contributed by atoms with Gasteiger partial charge in [0.05, 0.1) is 28.1 Å². The highest BCUT2D eigenvalue weighted by atomic mass is 15.3. The van der Waals surface area contributed by atoms with E-state index in [9.17, 15) is 0 Å². The van der Waals surface area contributed by atoms with Crippen molar-refractivity contribution in [3.63, 3.8) is 0 Å². The van der Waals surface area contributed by atoms with Gasteiger partial charge < -0.3 is 9.47 Å². The average molecular weight is 1020 g/mol. The normalized spacial score (nSPS) is 14.4. The molecule has 0 bridgehead atoms. The van der Waals surface area contributed by atoms with Crippen molar-refractivity contribution >= 4 is 33.5 Å². The molecule has 0 radical (unpaired) electrons. The lowest BCUT2D eigenvalue weighted by Crippen LogP contribution is -2.36. The number of amidine groups is 2. The molecule has 2 aromatic heterocycles. The second-order valence-electron chi connectivity index (χ2n) is 24.7. The van der Waals surface area contributed by atoms with Crippen LogP contribution in [0, 0.1) is 6.92 Å². The zero-order valence-corrected chi connectivity index (χ0v) is 48.0. The third-order valence-corrected chi connectivity index (χ3v) is 15.5. The molecule has 0 saturated heterocycles. The van der Waals surface area contributed by atoms with E-state index in [1.807, 2.05) is 6.07 Å². The SMILES string of the molecule is CCCCc1ccc2c(c1)c1cc(CCCC)ccc1n2-c1ccc(C2=NC(c3cc(C(C)(C)C)cc(C(C)(C)C)c3)N(C)C(c3cc(C)cc(C(C)(C)C)c3)=N2)cc1-c1cc(-c2ccccc2)nc(-c2ccccc2)n1. The second kappa shape index (κ2) is 21.2. The van der Waals surface area contributed by atoms with E-state index < -0.39 is 0 Å². The quantitative estimate of drug-likeness (QED) is 0.116. The minimum absolute atomic E-state index is 0.0615. The van der Waals surface area contributed by atoms with Crippen LogP contribution in [0.15, 0.2) is 168 Å². The van der Waals surface area contributed by atoms with Crippen molar-refractivity contribution in [1.29, 1.82) is 0 Å². The summed E-state index contributed by atoms with van der Waals surface area (Å²) in [5, 5.41) is 2.55. The molecule has 0 aliphatic carbocycles. The van der Waals surface area contributed by atoms with E-state index in [0.29, 0.717) is 11.7 Å². The zero-order chi connectivity index (χ0) is 54.4. The Kier molecular flexibility index (Phi) is 14.6. The first-order valence-corrected chi connectivity index (χ1v) is 28.2. The third-order valence-electron chi connectivity index (χ3n) is 15.5. The molecule has 10 rings (SSSR count). The first-order chi connectivity index (χ1) is 36.8. The van der Waals surface area contributed by atoms with Gasteiger partial charge in [-0.3, -0.25) is 0 Å². The summed E-state index contributed by atoms with van der Waals surface area (Å²) in [6.45, 7) is 27.5. The minimum Gasteiger partial charge on any atom is -0.333 e. The summed E-state index contributed by atoms with van der Waals surface area (Å²) >= 11 is 0. The molecular formula is C71H78N6. The fourth-order valence-electron chi connectivity index (χ4n) is 10.8. The summed E-state index contributed by atoms with van der Waals surface area (Å²) in [4.78, 5) is 24.5. The van der Waals surface area contributed by atoms with E-state index in [4.69, 9.17) is 20.0 Å². The van der Waals surface area contributed by atoms with Gasteiger partial charge in [-0.15, -0.1) is 0 Å². The summed E-state index contributed by atoms with van der Waals surface area (Å²) in [6.07, 6.45) is 6.37. The number of fused-ring (bicyclic) bond motifs is 3. The fraction of sp³-hybridized carbons (Fsp3) is 0.324. The van der Waals surface area contributed by atoms with Crippen molar-refractivity contribution in [2.45, 2.75) is 144 Å². The molecule has 6 nitrogen and oxygen atoms in total. The lowest BCUT2D eigenvalue weighted by Gasteiger charge is -2.35. The van der Waals surface area contributed by atoms with Gasteiger partial charge in [0, 0.05) is 45.6 Å². The Morgan fingerprint density at radius 3 is 1.60 bits per heavy atom. The molecule has 0 saturated carbocycles. The number of unbranched alkanes of at least 4 members (excludes halogenated alkanes) is 2. The number of aromatic nitrogens is 3. The number of aliphatic imine (C=N–C) groups is 2. The van der Waals surface area contributed by atoms with Gasteiger partial charge in [0.15, 0.2) is 17.8 Å². The van der Waals surface area contributed by atoms with Gasteiger partial charge in [-0.2, -0.15) is 0 Å². The van der Waals surface area contributed by atoms with Crippen LogP contribution >= 0.6 is 0 Å². The zero-order valence-electron chi connectivity index (χ0n) is 48.0. The number of rotatable bonds is 13. The van der Waals surface area contributed by atoms with Crippen molar-refractivity contribution in [3.8, 4) is 39.6 Å². The second-order valence-corrected chi connectivity index (χ2v) is 24.7. The van der Waals surface area contributed by atoms with Gasteiger partial charge in [-0.25, -0.2) is 20.0 Å². The highest BCUT2D eigenvalue weighted by molar-refractivity contribution is 6.14. The molecule has 392 valence electrons. The summed E-state index contributed by atoms with van der Waals surface area (Å²) in [7, 11) is 2.17. The van der Waals surface area contributed by atoms with Gasteiger partial charge in [-0.05, 0) is 143 Å². The van der Waals surface area contributed by atoms with E-state index >= 15 is 0 Å². The first-order valence-electron chi connectivity index (χ1n) is 28.2. The maximum absolute atomic E-state index is 5.76. The molecule has 0 spiro atoms. The molecule has 1 aliphatic rings. The molecule has 7 aromatic carbocycles. The average Bonchev–Trinajstić information content (AvgIpc) is 3.76. The lowest BCUT2D eigenvalue weighted by atomic mass is 9.79. The van der Waals surface area contributed by atoms with Crippen LogP contribution in [0.5, 0.6) is 0 Å². The van der Waals surface area contributed by atoms with Gasteiger partial charge in [0.2, 0.25) is 0 Å². The van der Waals surface area contributed by atoms with Crippen LogP contribution in [-0.2, 0) is 29.1 Å². The van der Waals surface area contributed by atoms with Crippen LogP contribution in [0.25, 0.3) is 61.4 Å². The topological polar surface area (TPSA) is 58.7 Å². The van der Waals surface area contributed by atoms with E-state index in [1.54, 1.807) is 0 Å². The minimum atomic E-state index is -0.364. The lowest BCUT2D eigenvalue weighted by molar-refractivity contribution is 0.381. The Morgan fingerprint density at radius 2 is 1.04 bits per heavy atom. The van der Waals surface area contributed by atoms with Crippen molar-refractivity contribution in [2.24, 2.45) is 9.98 Å². The first kappa shape index (κ1) is 53.0. The van der Waals surface area contributed by atoms with Crippen molar-refractivity contribution in [3.05, 3.63) is 208 Å². The number of benzene rings is 7. The molecule has 6 heteroatoms. The van der Waals surface area contributed by atoms with Crippen LogP contribution in [0.4, 0.5) is 0 Å². The number of aryl methyl sites for hydroxylation is 3. The van der Waals surface area contributed by atoms with Crippen molar-refractivity contribution in [1.82, 2.24) is 19.4 Å². The predicted octanol–water partition coefficient (Wildman–Crippen LogP) is 18.3. The fourth-order valence-corrected chi connectivity index (χ4v) is 10.8. The van der Waals surface area contributed by atoms with E-state index in [0.717, 1.165) is 94.8 Å². The van der Waals surface area contributed by atoms with Crippen LogP contribution in [0.3, 0.4) is 0 Å². The largest absolute Gasteiger partial charge is 0.333 e. The maximum Gasteiger partial charge on any atom is 0.160 e. The molecule has 77 heavy (non-hydrogen) atoms. The van der Waals surface area contributed by atoms with E-state index in [2.05, 4.69) is 251 Å². The molecular weight excluding hydrogens is 937 g/mol. The van der Waals surface area contributed by atoms with Gasteiger partial charge >= 0.3 is 0 Å². The molecule has 3 heterocycles. The summed E-state index contributed by atoms with van der Waals surface area (Å²) in [5.41, 5.74) is 18.7. The number of hydrogen-bond donors (Lipinski definition) is 0. The monoisotopic (exact) mass is 1010 g/mol. The molecule has 9 aromatic rings. The smallest absolute Gasteiger partial charge is 0.160 e. The Labute approximate surface area is 459 Å². The molecule has 0 N–H and O–H groups in total. The highest BCUT2D eigenvalue weighted by Crippen LogP contribution is 2.41. The molecule has 1 unspecified atom stereocenters. The number of nitrogens with zero attached hydrogens (tertiary/aromatic N) is 6. The molecule has 1 atom stereocenters. The van der Waals surface area contributed by atoms with Gasteiger partial charge in [0.1, 0.15) is 5.84 Å². The Bertz CT molecular complexity index is 3530. The third kappa shape index (κ3) is 11.1. The van der Waals surface area contributed by atoms with Crippen LogP contribution < -0.4 is 0 Å². The Balaban J connectivity index is 1.28. The van der Waals surface area contributed by atoms with Crippen LogP contribution in [0.2, 0.25) is 0 Å².